The van der Waals surface area contributed by atoms with Crippen molar-refractivity contribution in [3.05, 3.63) is 59.7 Å². The number of aryl methyl sites for hydroxylation is 1. The van der Waals surface area contributed by atoms with E-state index in [0.29, 0.717) is 11.7 Å². The van der Waals surface area contributed by atoms with Crippen LogP contribution in [-0.2, 0) is 11.2 Å². The van der Waals surface area contributed by atoms with Gasteiger partial charge in [0.15, 0.2) is 6.10 Å². The molecule has 0 bridgehead atoms. The first-order valence-electron chi connectivity index (χ1n) is 8.16. The molecule has 3 heteroatoms. The number of carbonyl (C=O) groups excluding carboxylic acids is 1. The second-order valence-electron chi connectivity index (χ2n) is 6.02. The minimum Gasteiger partial charge on any atom is -0.481 e. The fourth-order valence-corrected chi connectivity index (χ4v) is 2.26. The van der Waals surface area contributed by atoms with E-state index in [-0.39, 0.29) is 5.91 Å². The van der Waals surface area contributed by atoms with Crippen LogP contribution in [0.4, 0.5) is 5.69 Å². The second-order valence-corrected chi connectivity index (χ2v) is 6.02. The Morgan fingerprint density at radius 1 is 1.00 bits per heavy atom. The monoisotopic (exact) mass is 311 g/mol. The van der Waals surface area contributed by atoms with Gasteiger partial charge in [-0.2, -0.15) is 0 Å². The van der Waals surface area contributed by atoms with E-state index in [4.69, 9.17) is 4.74 Å². The lowest BCUT2D eigenvalue weighted by molar-refractivity contribution is -0.122. The molecule has 3 nitrogen and oxygen atoms in total. The van der Waals surface area contributed by atoms with Crippen LogP contribution in [0.25, 0.3) is 0 Å². The fourth-order valence-electron chi connectivity index (χ4n) is 2.26. The molecule has 0 aliphatic heterocycles. The van der Waals surface area contributed by atoms with Crippen molar-refractivity contribution in [2.45, 2.75) is 46.1 Å². The molecule has 0 fully saturated rings. The summed E-state index contributed by atoms with van der Waals surface area (Å²) in [5.41, 5.74) is 3.29. The molecule has 0 saturated heterocycles. The zero-order valence-electron chi connectivity index (χ0n) is 14.3. The van der Waals surface area contributed by atoms with Crippen LogP contribution in [0.2, 0.25) is 0 Å². The molecule has 1 N–H and O–H groups in total. The molecule has 0 aliphatic rings. The van der Waals surface area contributed by atoms with Gasteiger partial charge in [0.2, 0.25) is 0 Å². The number of amides is 1. The third-order valence-corrected chi connectivity index (χ3v) is 3.86. The molecule has 1 unspecified atom stereocenters. The average molecular weight is 311 g/mol. The normalized spacial score (nSPS) is 12.0. The molecule has 0 aromatic heterocycles. The summed E-state index contributed by atoms with van der Waals surface area (Å²) in [5.74, 6) is 1.04. The van der Waals surface area contributed by atoms with Crippen LogP contribution in [-0.4, -0.2) is 12.0 Å². The van der Waals surface area contributed by atoms with E-state index in [2.05, 4.69) is 26.1 Å². The maximum Gasteiger partial charge on any atom is 0.265 e. The van der Waals surface area contributed by atoms with Gasteiger partial charge < -0.3 is 10.1 Å². The van der Waals surface area contributed by atoms with Crippen LogP contribution in [0, 0.1) is 0 Å². The standard InChI is InChI=1S/C20H25NO2/c1-5-16-6-10-18(11-7-16)21-20(22)15(4)23-19-12-8-17(9-13-19)14(2)3/h6-15H,5H2,1-4H3,(H,21,22). The molecule has 2 aromatic rings. The first-order valence-corrected chi connectivity index (χ1v) is 8.16. The molecule has 0 heterocycles. The predicted molar refractivity (Wildman–Crippen MR) is 95.1 cm³/mol. The maximum atomic E-state index is 12.2. The number of rotatable bonds is 6. The van der Waals surface area contributed by atoms with E-state index < -0.39 is 6.10 Å². The summed E-state index contributed by atoms with van der Waals surface area (Å²) < 4.78 is 5.72. The molecule has 23 heavy (non-hydrogen) atoms. The van der Waals surface area contributed by atoms with Crippen LogP contribution in [0.5, 0.6) is 5.75 Å². The van der Waals surface area contributed by atoms with Gasteiger partial charge in [-0.1, -0.05) is 45.0 Å². The largest absolute Gasteiger partial charge is 0.481 e. The smallest absolute Gasteiger partial charge is 0.265 e. The summed E-state index contributed by atoms with van der Waals surface area (Å²) in [7, 11) is 0. The van der Waals surface area contributed by atoms with Crippen molar-refractivity contribution in [3.8, 4) is 5.75 Å². The molecule has 2 aromatic carbocycles. The molecule has 2 rings (SSSR count). The zero-order chi connectivity index (χ0) is 16.8. The maximum absolute atomic E-state index is 12.2. The molecular weight excluding hydrogens is 286 g/mol. The highest BCUT2D eigenvalue weighted by Gasteiger charge is 2.15. The molecule has 0 spiro atoms. The van der Waals surface area contributed by atoms with Crippen molar-refractivity contribution < 1.29 is 9.53 Å². The molecule has 122 valence electrons. The molecule has 0 aliphatic carbocycles. The molecule has 0 saturated carbocycles. The van der Waals surface area contributed by atoms with E-state index in [1.165, 1.54) is 11.1 Å². The Morgan fingerprint density at radius 3 is 2.13 bits per heavy atom. The van der Waals surface area contributed by atoms with Gasteiger partial charge in [-0.05, 0) is 54.7 Å². The van der Waals surface area contributed by atoms with E-state index in [9.17, 15) is 4.79 Å². The Balaban J connectivity index is 1.93. The van der Waals surface area contributed by atoms with Gasteiger partial charge in [0.25, 0.3) is 5.91 Å². The Hall–Kier alpha value is -2.29. The Labute approximate surface area is 138 Å². The lowest BCUT2D eigenvalue weighted by atomic mass is 10.0. The van der Waals surface area contributed by atoms with Gasteiger partial charge in [-0.25, -0.2) is 0 Å². The summed E-state index contributed by atoms with van der Waals surface area (Å²) in [4.78, 5) is 12.2. The van der Waals surface area contributed by atoms with Crippen LogP contribution in [0.15, 0.2) is 48.5 Å². The van der Waals surface area contributed by atoms with Crippen LogP contribution in [0.1, 0.15) is 44.7 Å². The van der Waals surface area contributed by atoms with Gasteiger partial charge in [0, 0.05) is 5.69 Å². The summed E-state index contributed by atoms with van der Waals surface area (Å²) in [6, 6.07) is 15.8. The number of hydrogen-bond donors (Lipinski definition) is 1. The molecule has 1 amide bonds. The molecule has 0 radical (unpaired) electrons. The lowest BCUT2D eigenvalue weighted by Gasteiger charge is -2.15. The quantitative estimate of drug-likeness (QED) is 0.834. The van der Waals surface area contributed by atoms with Gasteiger partial charge in [0.1, 0.15) is 5.75 Å². The van der Waals surface area contributed by atoms with E-state index in [1.54, 1.807) is 6.92 Å². The Kier molecular flexibility index (Phi) is 5.80. The van der Waals surface area contributed by atoms with Gasteiger partial charge >= 0.3 is 0 Å². The van der Waals surface area contributed by atoms with Gasteiger partial charge in [0.05, 0.1) is 0 Å². The first-order chi connectivity index (χ1) is 11.0. The zero-order valence-corrected chi connectivity index (χ0v) is 14.3. The Morgan fingerprint density at radius 2 is 1.61 bits per heavy atom. The minimum atomic E-state index is -0.550. The lowest BCUT2D eigenvalue weighted by Crippen LogP contribution is -2.30. The third kappa shape index (κ3) is 4.85. The number of hydrogen-bond acceptors (Lipinski definition) is 2. The third-order valence-electron chi connectivity index (χ3n) is 3.86. The number of anilines is 1. The summed E-state index contributed by atoms with van der Waals surface area (Å²) in [5, 5.41) is 2.88. The van der Waals surface area contributed by atoms with Gasteiger partial charge in [-0.3, -0.25) is 4.79 Å². The highest BCUT2D eigenvalue weighted by molar-refractivity contribution is 5.94. The number of carbonyl (C=O) groups is 1. The summed E-state index contributed by atoms with van der Waals surface area (Å²) in [6.45, 7) is 8.16. The summed E-state index contributed by atoms with van der Waals surface area (Å²) in [6.07, 6.45) is 0.436. The number of benzene rings is 2. The number of nitrogens with one attached hydrogen (secondary N) is 1. The highest BCUT2D eigenvalue weighted by Crippen LogP contribution is 2.20. The topological polar surface area (TPSA) is 38.3 Å². The molecule has 1 atom stereocenters. The first kappa shape index (κ1) is 17.1. The van der Waals surface area contributed by atoms with Crippen molar-refractivity contribution >= 4 is 11.6 Å². The summed E-state index contributed by atoms with van der Waals surface area (Å²) >= 11 is 0. The van der Waals surface area contributed by atoms with Crippen molar-refractivity contribution in [2.75, 3.05) is 5.32 Å². The van der Waals surface area contributed by atoms with Crippen LogP contribution >= 0.6 is 0 Å². The Bertz CT molecular complexity index is 630. The molecular formula is C20H25NO2. The van der Waals surface area contributed by atoms with Crippen molar-refractivity contribution in [2.24, 2.45) is 0 Å². The van der Waals surface area contributed by atoms with E-state index in [1.807, 2.05) is 48.5 Å². The van der Waals surface area contributed by atoms with Gasteiger partial charge in [-0.15, -0.1) is 0 Å². The van der Waals surface area contributed by atoms with E-state index in [0.717, 1.165) is 12.1 Å². The highest BCUT2D eigenvalue weighted by atomic mass is 16.5. The van der Waals surface area contributed by atoms with Crippen LogP contribution in [0.3, 0.4) is 0 Å². The van der Waals surface area contributed by atoms with Crippen molar-refractivity contribution in [1.29, 1.82) is 0 Å². The second kappa shape index (κ2) is 7.82. The van der Waals surface area contributed by atoms with Crippen LogP contribution < -0.4 is 10.1 Å². The van der Waals surface area contributed by atoms with E-state index >= 15 is 0 Å². The fraction of sp³-hybridized carbons (Fsp3) is 0.350. The SMILES string of the molecule is CCc1ccc(NC(=O)C(C)Oc2ccc(C(C)C)cc2)cc1. The average Bonchev–Trinajstić information content (AvgIpc) is 2.56. The van der Waals surface area contributed by atoms with Crippen molar-refractivity contribution in [1.82, 2.24) is 0 Å². The minimum absolute atomic E-state index is 0.151. The predicted octanol–water partition coefficient (Wildman–Crippen LogP) is 4.78. The van der Waals surface area contributed by atoms with Crippen molar-refractivity contribution in [3.63, 3.8) is 0 Å². The number of ether oxygens (including phenoxy) is 1.